The lowest BCUT2D eigenvalue weighted by atomic mass is 9.90. The number of fused-ring (bicyclic) bond motifs is 1. The van der Waals surface area contributed by atoms with Gasteiger partial charge in [-0.1, -0.05) is 6.07 Å². The monoisotopic (exact) mass is 334 g/mol. The minimum absolute atomic E-state index is 0.0136. The Morgan fingerprint density at radius 2 is 2.09 bits per heavy atom. The highest BCUT2D eigenvalue weighted by atomic mass is 32.2. The summed E-state index contributed by atoms with van der Waals surface area (Å²) in [6, 6.07) is 6.74. The van der Waals surface area contributed by atoms with E-state index in [2.05, 4.69) is 4.98 Å². The second-order valence-corrected chi connectivity index (χ2v) is 8.14. The van der Waals surface area contributed by atoms with E-state index in [-0.39, 0.29) is 18.0 Å². The average Bonchev–Trinajstić information content (AvgIpc) is 2.92. The molecule has 1 saturated heterocycles. The van der Waals surface area contributed by atoms with Crippen LogP contribution in [0.1, 0.15) is 18.9 Å². The van der Waals surface area contributed by atoms with Crippen LogP contribution in [0.5, 0.6) is 0 Å². The van der Waals surface area contributed by atoms with Crippen LogP contribution >= 0.6 is 0 Å². The molecular formula is C16H18N2O4S. The number of hydrogen-bond acceptors (Lipinski definition) is 4. The number of carbonyl (C=O) groups is 1. The second-order valence-electron chi connectivity index (χ2n) is 6.23. The Morgan fingerprint density at radius 1 is 1.35 bits per heavy atom. The summed E-state index contributed by atoms with van der Waals surface area (Å²) in [5.74, 6) is -0.967. The minimum Gasteiger partial charge on any atom is -0.481 e. The van der Waals surface area contributed by atoms with E-state index >= 15 is 0 Å². The van der Waals surface area contributed by atoms with Crippen molar-refractivity contribution in [3.8, 4) is 0 Å². The molecule has 122 valence electrons. The fraction of sp³-hybridized carbons (Fsp3) is 0.375. The normalized spacial score (nSPS) is 22.5. The molecular weight excluding hydrogens is 316 g/mol. The Bertz CT molecular complexity index is 894. The maximum absolute atomic E-state index is 13.0. The third-order valence-electron chi connectivity index (χ3n) is 4.50. The standard InChI is InChI=1S/C16H18N2O4S/c1-11-5-6-13(12-4-3-8-17-14(11)12)23(21,22)18-9-7-16(2,10-18)15(19)20/h3-6,8H,7,9-10H2,1-2H3,(H,19,20). The quantitative estimate of drug-likeness (QED) is 0.928. The van der Waals surface area contributed by atoms with Crippen molar-refractivity contribution in [2.24, 2.45) is 5.41 Å². The highest BCUT2D eigenvalue weighted by molar-refractivity contribution is 7.89. The third-order valence-corrected chi connectivity index (χ3v) is 6.41. The van der Waals surface area contributed by atoms with E-state index in [9.17, 15) is 18.3 Å². The predicted molar refractivity (Wildman–Crippen MR) is 85.6 cm³/mol. The Balaban J connectivity index is 2.09. The summed E-state index contributed by atoms with van der Waals surface area (Å²) in [5.41, 5.74) is 0.511. The zero-order chi connectivity index (χ0) is 16.8. The topological polar surface area (TPSA) is 87.6 Å². The molecule has 2 heterocycles. The molecule has 0 aliphatic carbocycles. The number of nitrogens with zero attached hydrogens (tertiary/aromatic N) is 2. The molecule has 0 bridgehead atoms. The van der Waals surface area contributed by atoms with Crippen LogP contribution in [0.2, 0.25) is 0 Å². The van der Waals surface area contributed by atoms with Gasteiger partial charge >= 0.3 is 5.97 Å². The van der Waals surface area contributed by atoms with Gasteiger partial charge in [0.25, 0.3) is 0 Å². The van der Waals surface area contributed by atoms with Crippen LogP contribution in [-0.4, -0.2) is 41.9 Å². The summed E-state index contributed by atoms with van der Waals surface area (Å²) in [7, 11) is -3.76. The van der Waals surface area contributed by atoms with Crippen molar-refractivity contribution >= 4 is 26.9 Å². The Kier molecular flexibility index (Phi) is 3.65. The molecule has 2 aromatic rings. The van der Waals surface area contributed by atoms with Crippen molar-refractivity contribution < 1.29 is 18.3 Å². The van der Waals surface area contributed by atoms with Crippen LogP contribution in [0.3, 0.4) is 0 Å². The van der Waals surface area contributed by atoms with Gasteiger partial charge in [0.05, 0.1) is 15.8 Å². The van der Waals surface area contributed by atoms with Gasteiger partial charge in [-0.15, -0.1) is 0 Å². The van der Waals surface area contributed by atoms with Crippen LogP contribution in [0.4, 0.5) is 0 Å². The summed E-state index contributed by atoms with van der Waals surface area (Å²) >= 11 is 0. The van der Waals surface area contributed by atoms with Crippen LogP contribution in [-0.2, 0) is 14.8 Å². The number of carboxylic acid groups (broad SMARTS) is 1. The molecule has 0 saturated carbocycles. The first-order valence-corrected chi connectivity index (χ1v) is 8.78. The lowest BCUT2D eigenvalue weighted by Crippen LogP contribution is -2.35. The largest absolute Gasteiger partial charge is 0.481 e. The Hall–Kier alpha value is -1.99. The zero-order valence-corrected chi connectivity index (χ0v) is 13.8. The molecule has 1 aliphatic heterocycles. The third kappa shape index (κ3) is 2.49. The molecule has 0 amide bonds. The number of pyridine rings is 1. The smallest absolute Gasteiger partial charge is 0.310 e. The van der Waals surface area contributed by atoms with Gasteiger partial charge in [-0.05, 0) is 44.0 Å². The van der Waals surface area contributed by atoms with E-state index < -0.39 is 21.4 Å². The molecule has 0 spiro atoms. The van der Waals surface area contributed by atoms with Crippen molar-refractivity contribution in [1.82, 2.24) is 9.29 Å². The first-order chi connectivity index (χ1) is 10.8. The first-order valence-electron chi connectivity index (χ1n) is 7.34. The van der Waals surface area contributed by atoms with Gasteiger partial charge in [-0.2, -0.15) is 4.31 Å². The van der Waals surface area contributed by atoms with Gasteiger partial charge in [0.1, 0.15) is 0 Å². The molecule has 1 unspecified atom stereocenters. The van der Waals surface area contributed by atoms with E-state index in [0.717, 1.165) is 5.56 Å². The van der Waals surface area contributed by atoms with Crippen LogP contribution in [0.25, 0.3) is 10.9 Å². The number of aliphatic carboxylic acids is 1. The van der Waals surface area contributed by atoms with Gasteiger partial charge in [0, 0.05) is 24.7 Å². The molecule has 1 aromatic carbocycles. The van der Waals surface area contributed by atoms with Gasteiger partial charge in [0.2, 0.25) is 10.0 Å². The molecule has 1 atom stereocenters. The van der Waals surface area contributed by atoms with E-state index in [4.69, 9.17) is 0 Å². The number of aromatic nitrogens is 1. The summed E-state index contributed by atoms with van der Waals surface area (Å²) in [6.07, 6.45) is 1.94. The number of hydrogen-bond donors (Lipinski definition) is 1. The highest BCUT2D eigenvalue weighted by Crippen LogP contribution is 2.35. The van der Waals surface area contributed by atoms with Crippen molar-refractivity contribution in [2.75, 3.05) is 13.1 Å². The van der Waals surface area contributed by atoms with Crippen molar-refractivity contribution in [2.45, 2.75) is 25.2 Å². The van der Waals surface area contributed by atoms with Gasteiger partial charge < -0.3 is 5.11 Å². The summed E-state index contributed by atoms with van der Waals surface area (Å²) < 4.78 is 27.2. The number of aryl methyl sites for hydroxylation is 1. The Morgan fingerprint density at radius 3 is 2.74 bits per heavy atom. The predicted octanol–water partition coefficient (Wildman–Crippen LogP) is 2.03. The molecule has 7 heteroatoms. The maximum atomic E-state index is 13.0. The molecule has 1 aromatic heterocycles. The molecule has 1 N–H and O–H groups in total. The lowest BCUT2D eigenvalue weighted by molar-refractivity contribution is -0.146. The van der Waals surface area contributed by atoms with Crippen LogP contribution < -0.4 is 0 Å². The van der Waals surface area contributed by atoms with E-state index in [1.807, 2.05) is 6.92 Å². The minimum atomic E-state index is -3.76. The molecule has 6 nitrogen and oxygen atoms in total. The van der Waals surface area contributed by atoms with Gasteiger partial charge in [0.15, 0.2) is 0 Å². The lowest BCUT2D eigenvalue weighted by Gasteiger charge is -2.21. The molecule has 1 aliphatic rings. The fourth-order valence-corrected chi connectivity index (χ4v) is 4.70. The summed E-state index contributed by atoms with van der Waals surface area (Å²) in [4.78, 5) is 15.8. The highest BCUT2D eigenvalue weighted by Gasteiger charge is 2.45. The van der Waals surface area contributed by atoms with Crippen molar-refractivity contribution in [3.63, 3.8) is 0 Å². The van der Waals surface area contributed by atoms with Gasteiger partial charge in [-0.3, -0.25) is 9.78 Å². The first kappa shape index (κ1) is 15.9. The Labute approximate surface area is 134 Å². The van der Waals surface area contributed by atoms with Crippen LogP contribution in [0, 0.1) is 12.3 Å². The molecule has 23 heavy (non-hydrogen) atoms. The molecule has 1 fully saturated rings. The number of carboxylic acids is 1. The number of rotatable bonds is 3. The van der Waals surface area contributed by atoms with Crippen LogP contribution in [0.15, 0.2) is 35.4 Å². The maximum Gasteiger partial charge on any atom is 0.310 e. The van der Waals surface area contributed by atoms with Crippen molar-refractivity contribution in [1.29, 1.82) is 0 Å². The van der Waals surface area contributed by atoms with E-state index in [1.165, 1.54) is 4.31 Å². The summed E-state index contributed by atoms with van der Waals surface area (Å²) in [5, 5.41) is 9.87. The van der Waals surface area contributed by atoms with E-state index in [0.29, 0.717) is 17.3 Å². The van der Waals surface area contributed by atoms with Crippen molar-refractivity contribution in [3.05, 3.63) is 36.0 Å². The summed E-state index contributed by atoms with van der Waals surface area (Å²) in [6.45, 7) is 3.66. The van der Waals surface area contributed by atoms with E-state index in [1.54, 1.807) is 37.4 Å². The average molecular weight is 334 g/mol. The second kappa shape index (κ2) is 5.28. The number of sulfonamides is 1. The molecule has 3 rings (SSSR count). The SMILES string of the molecule is Cc1ccc(S(=O)(=O)N2CCC(C)(C(=O)O)C2)c2cccnc12. The number of benzene rings is 1. The zero-order valence-electron chi connectivity index (χ0n) is 13.0. The molecule has 0 radical (unpaired) electrons. The van der Waals surface area contributed by atoms with Gasteiger partial charge in [-0.25, -0.2) is 8.42 Å². The fourth-order valence-electron chi connectivity index (χ4n) is 2.95.